The molecule has 0 atom stereocenters. The molecular weight excluding hydrogens is 304 g/mol. The van der Waals surface area contributed by atoms with Gasteiger partial charge in [-0.1, -0.05) is 13.8 Å². The predicted molar refractivity (Wildman–Crippen MR) is 88.2 cm³/mol. The van der Waals surface area contributed by atoms with E-state index in [1.165, 1.54) is 0 Å². The van der Waals surface area contributed by atoms with E-state index in [9.17, 15) is 8.42 Å². The lowest BCUT2D eigenvalue weighted by Crippen LogP contribution is -2.32. The number of hydrogen-bond donors (Lipinski definition) is 1. The monoisotopic (exact) mass is 330 g/mol. The highest BCUT2D eigenvalue weighted by Gasteiger charge is 2.32. The average molecular weight is 331 g/mol. The molecule has 0 saturated carbocycles. The van der Waals surface area contributed by atoms with Gasteiger partial charge in [0.05, 0.1) is 4.90 Å². The molecule has 0 radical (unpaired) electrons. The highest BCUT2D eigenvalue weighted by atomic mass is 32.2. The standard InChI is InChI=1S/C15H26N2O2S2/c1-12-14(10-13(20-12)11-16-4)21(18,19)17-8-5-6-15(2,3)7-9-17/h10,16H,5-9,11H2,1-4H3. The van der Waals surface area contributed by atoms with Gasteiger partial charge in [0, 0.05) is 29.4 Å². The molecular formula is C15H26N2O2S2. The van der Waals surface area contributed by atoms with Crippen LogP contribution in [0, 0.1) is 12.3 Å². The summed E-state index contributed by atoms with van der Waals surface area (Å²) in [6.07, 6.45) is 2.96. The van der Waals surface area contributed by atoms with Gasteiger partial charge in [-0.2, -0.15) is 4.31 Å². The zero-order chi connectivity index (χ0) is 15.7. The van der Waals surface area contributed by atoms with Crippen molar-refractivity contribution in [3.63, 3.8) is 0 Å². The number of aryl methyl sites for hydroxylation is 1. The molecule has 0 spiro atoms. The Balaban J connectivity index is 2.25. The van der Waals surface area contributed by atoms with Gasteiger partial charge in [0.2, 0.25) is 10.0 Å². The zero-order valence-electron chi connectivity index (χ0n) is 13.4. The highest BCUT2D eigenvalue weighted by Crippen LogP contribution is 2.34. The molecule has 6 heteroatoms. The molecule has 1 aromatic heterocycles. The van der Waals surface area contributed by atoms with Crippen LogP contribution in [-0.2, 0) is 16.6 Å². The van der Waals surface area contributed by atoms with Crippen LogP contribution in [0.25, 0.3) is 0 Å². The maximum Gasteiger partial charge on any atom is 0.244 e. The van der Waals surface area contributed by atoms with Gasteiger partial charge in [-0.3, -0.25) is 0 Å². The first kappa shape index (κ1) is 16.9. The summed E-state index contributed by atoms with van der Waals surface area (Å²) >= 11 is 1.57. The van der Waals surface area contributed by atoms with Crippen molar-refractivity contribution in [3.05, 3.63) is 15.8 Å². The quantitative estimate of drug-likeness (QED) is 0.923. The zero-order valence-corrected chi connectivity index (χ0v) is 15.0. The number of nitrogens with zero attached hydrogens (tertiary/aromatic N) is 1. The van der Waals surface area contributed by atoms with Gasteiger partial charge in [-0.25, -0.2) is 8.42 Å². The van der Waals surface area contributed by atoms with Crippen molar-refractivity contribution in [2.75, 3.05) is 20.1 Å². The fraction of sp³-hybridized carbons (Fsp3) is 0.733. The maximum atomic E-state index is 12.9. The number of thiophene rings is 1. The lowest BCUT2D eigenvalue weighted by Gasteiger charge is -2.23. The topological polar surface area (TPSA) is 49.4 Å². The Morgan fingerprint density at radius 3 is 2.71 bits per heavy atom. The van der Waals surface area contributed by atoms with E-state index in [0.29, 0.717) is 24.5 Å². The normalized spacial score (nSPS) is 20.4. The molecule has 1 aliphatic heterocycles. The number of hydrogen-bond acceptors (Lipinski definition) is 4. The molecule has 0 bridgehead atoms. The van der Waals surface area contributed by atoms with Crippen LogP contribution in [0.15, 0.2) is 11.0 Å². The summed E-state index contributed by atoms with van der Waals surface area (Å²) in [7, 11) is -1.47. The summed E-state index contributed by atoms with van der Waals surface area (Å²) in [5.74, 6) is 0. The van der Waals surface area contributed by atoms with Gasteiger partial charge in [0.15, 0.2) is 0 Å². The Labute approximate surface area is 132 Å². The molecule has 2 rings (SSSR count). The second kappa shape index (κ2) is 6.36. The minimum absolute atomic E-state index is 0.241. The molecule has 21 heavy (non-hydrogen) atoms. The largest absolute Gasteiger partial charge is 0.315 e. The Morgan fingerprint density at radius 1 is 1.33 bits per heavy atom. The summed E-state index contributed by atoms with van der Waals surface area (Å²) in [6.45, 7) is 8.34. The molecule has 1 aliphatic rings. The van der Waals surface area contributed by atoms with Crippen LogP contribution in [0.3, 0.4) is 0 Å². The second-order valence-corrected chi connectivity index (χ2v) is 9.83. The Hall–Kier alpha value is -0.430. The number of rotatable bonds is 4. The van der Waals surface area contributed by atoms with Gasteiger partial charge in [0.1, 0.15) is 0 Å². The Morgan fingerprint density at radius 2 is 2.05 bits per heavy atom. The second-order valence-electron chi connectivity index (χ2n) is 6.59. The SMILES string of the molecule is CNCc1cc(S(=O)(=O)N2CCCC(C)(C)CC2)c(C)s1. The molecule has 0 aromatic carbocycles. The van der Waals surface area contributed by atoms with Crippen LogP contribution >= 0.6 is 11.3 Å². The molecule has 1 N–H and O–H groups in total. The molecule has 2 heterocycles. The van der Waals surface area contributed by atoms with Gasteiger partial charge in [-0.05, 0) is 44.7 Å². The van der Waals surface area contributed by atoms with E-state index < -0.39 is 10.0 Å². The fourth-order valence-electron chi connectivity index (χ4n) is 2.82. The molecule has 1 saturated heterocycles. The summed E-state index contributed by atoms with van der Waals surface area (Å²) in [5.41, 5.74) is 0.241. The van der Waals surface area contributed by atoms with Gasteiger partial charge < -0.3 is 5.32 Å². The van der Waals surface area contributed by atoms with Crippen molar-refractivity contribution in [1.82, 2.24) is 9.62 Å². The van der Waals surface area contributed by atoms with E-state index in [0.717, 1.165) is 29.0 Å². The van der Waals surface area contributed by atoms with Crippen molar-refractivity contribution in [2.45, 2.75) is 51.5 Å². The first-order valence-electron chi connectivity index (χ1n) is 7.50. The molecule has 0 amide bonds. The molecule has 0 unspecified atom stereocenters. The summed E-state index contributed by atoms with van der Waals surface area (Å²) in [5, 5.41) is 3.08. The molecule has 1 fully saturated rings. The molecule has 4 nitrogen and oxygen atoms in total. The fourth-order valence-corrected chi connectivity index (χ4v) is 5.91. The Kier molecular flexibility index (Phi) is 5.13. The van der Waals surface area contributed by atoms with Crippen LogP contribution in [0.5, 0.6) is 0 Å². The third-order valence-electron chi connectivity index (χ3n) is 4.19. The van der Waals surface area contributed by atoms with E-state index >= 15 is 0 Å². The summed E-state index contributed by atoms with van der Waals surface area (Å²) in [6, 6.07) is 1.84. The molecule has 1 aromatic rings. The van der Waals surface area contributed by atoms with Crippen LogP contribution in [0.1, 0.15) is 42.9 Å². The van der Waals surface area contributed by atoms with Crippen molar-refractivity contribution < 1.29 is 8.42 Å². The Bertz CT molecular complexity index is 591. The molecule has 120 valence electrons. The smallest absolute Gasteiger partial charge is 0.244 e. The van der Waals surface area contributed by atoms with E-state index in [4.69, 9.17) is 0 Å². The third kappa shape index (κ3) is 3.86. The van der Waals surface area contributed by atoms with Crippen LogP contribution in [0.2, 0.25) is 0 Å². The van der Waals surface area contributed by atoms with Gasteiger partial charge >= 0.3 is 0 Å². The van der Waals surface area contributed by atoms with Crippen molar-refractivity contribution >= 4 is 21.4 Å². The van der Waals surface area contributed by atoms with Crippen molar-refractivity contribution in [1.29, 1.82) is 0 Å². The van der Waals surface area contributed by atoms with Gasteiger partial charge in [0.25, 0.3) is 0 Å². The van der Waals surface area contributed by atoms with Crippen LogP contribution < -0.4 is 5.32 Å². The van der Waals surface area contributed by atoms with Crippen molar-refractivity contribution in [3.8, 4) is 0 Å². The average Bonchev–Trinajstić information content (AvgIpc) is 2.64. The molecule has 0 aliphatic carbocycles. The van der Waals surface area contributed by atoms with Crippen LogP contribution in [-0.4, -0.2) is 32.9 Å². The number of sulfonamides is 1. The third-order valence-corrected chi connectivity index (χ3v) is 7.40. The first-order chi connectivity index (χ1) is 9.76. The minimum atomic E-state index is -3.35. The summed E-state index contributed by atoms with van der Waals surface area (Å²) < 4.78 is 27.5. The highest BCUT2D eigenvalue weighted by molar-refractivity contribution is 7.89. The van der Waals surface area contributed by atoms with Crippen molar-refractivity contribution in [2.24, 2.45) is 5.41 Å². The maximum absolute atomic E-state index is 12.9. The number of nitrogens with one attached hydrogen (secondary N) is 1. The lowest BCUT2D eigenvalue weighted by molar-refractivity contribution is 0.315. The van der Waals surface area contributed by atoms with Crippen LogP contribution in [0.4, 0.5) is 0 Å². The van der Waals surface area contributed by atoms with E-state index in [1.54, 1.807) is 15.6 Å². The first-order valence-corrected chi connectivity index (χ1v) is 9.76. The van der Waals surface area contributed by atoms with Gasteiger partial charge in [-0.15, -0.1) is 11.3 Å². The summed E-state index contributed by atoms with van der Waals surface area (Å²) in [4.78, 5) is 2.46. The van der Waals surface area contributed by atoms with E-state index in [2.05, 4.69) is 19.2 Å². The minimum Gasteiger partial charge on any atom is -0.315 e. The van der Waals surface area contributed by atoms with E-state index in [-0.39, 0.29) is 5.41 Å². The lowest BCUT2D eigenvalue weighted by atomic mass is 9.85. The predicted octanol–water partition coefficient (Wildman–Crippen LogP) is 2.98. The van der Waals surface area contributed by atoms with E-state index in [1.807, 2.05) is 20.0 Å².